The van der Waals surface area contributed by atoms with E-state index in [4.69, 9.17) is 4.74 Å². The molecule has 1 aliphatic carbocycles. The Labute approximate surface area is 80.7 Å². The standard InChI is InChI=1S/C11H20O2/c1-3-4-5-6-9-13-11(7-8-11)10(2)12/h3-9H2,1-2H3. The molecule has 0 aromatic carbocycles. The van der Waals surface area contributed by atoms with Gasteiger partial charge < -0.3 is 4.74 Å². The first-order valence-electron chi connectivity index (χ1n) is 5.36. The van der Waals surface area contributed by atoms with E-state index in [1.807, 2.05) is 0 Å². The molecule has 0 unspecified atom stereocenters. The van der Waals surface area contributed by atoms with Crippen LogP contribution in [-0.2, 0) is 9.53 Å². The SMILES string of the molecule is CCCCCCOC1(C(C)=O)CC1. The summed E-state index contributed by atoms with van der Waals surface area (Å²) in [5.41, 5.74) is -0.341. The zero-order valence-electron chi connectivity index (χ0n) is 8.77. The summed E-state index contributed by atoms with van der Waals surface area (Å²) < 4.78 is 5.60. The van der Waals surface area contributed by atoms with Gasteiger partial charge in [0.05, 0.1) is 0 Å². The number of Topliss-reactive ketones (excluding diaryl/α,β-unsaturated/α-hetero) is 1. The van der Waals surface area contributed by atoms with Crippen molar-refractivity contribution in [1.82, 2.24) is 0 Å². The van der Waals surface area contributed by atoms with Crippen molar-refractivity contribution in [3.8, 4) is 0 Å². The van der Waals surface area contributed by atoms with Crippen LogP contribution in [0.2, 0.25) is 0 Å². The van der Waals surface area contributed by atoms with E-state index in [0.717, 1.165) is 25.9 Å². The van der Waals surface area contributed by atoms with Crippen LogP contribution in [0.15, 0.2) is 0 Å². The average Bonchev–Trinajstić information content (AvgIpc) is 2.85. The highest BCUT2D eigenvalue weighted by atomic mass is 16.5. The zero-order chi connectivity index (χ0) is 9.73. The van der Waals surface area contributed by atoms with Crippen LogP contribution in [-0.4, -0.2) is 18.0 Å². The van der Waals surface area contributed by atoms with Crippen LogP contribution >= 0.6 is 0 Å². The predicted octanol–water partition coefficient (Wildman–Crippen LogP) is 2.70. The second-order valence-corrected chi connectivity index (χ2v) is 3.96. The Hall–Kier alpha value is -0.370. The zero-order valence-corrected chi connectivity index (χ0v) is 8.77. The maximum absolute atomic E-state index is 11.1. The highest BCUT2D eigenvalue weighted by molar-refractivity contribution is 5.87. The van der Waals surface area contributed by atoms with Crippen molar-refractivity contribution < 1.29 is 9.53 Å². The molecule has 0 aromatic heterocycles. The summed E-state index contributed by atoms with van der Waals surface area (Å²) in [5, 5.41) is 0. The van der Waals surface area contributed by atoms with E-state index in [9.17, 15) is 4.79 Å². The van der Waals surface area contributed by atoms with Gasteiger partial charge in [-0.15, -0.1) is 0 Å². The Balaban J connectivity index is 2.03. The molecule has 13 heavy (non-hydrogen) atoms. The third-order valence-electron chi connectivity index (χ3n) is 2.72. The number of ether oxygens (including phenoxy) is 1. The van der Waals surface area contributed by atoms with Crippen molar-refractivity contribution in [1.29, 1.82) is 0 Å². The number of hydrogen-bond donors (Lipinski definition) is 0. The maximum Gasteiger partial charge on any atom is 0.161 e. The molecule has 1 rings (SSSR count). The largest absolute Gasteiger partial charge is 0.367 e. The van der Waals surface area contributed by atoms with Crippen LogP contribution in [0.3, 0.4) is 0 Å². The molecule has 0 N–H and O–H groups in total. The Morgan fingerprint density at radius 2 is 2.00 bits per heavy atom. The minimum atomic E-state index is -0.341. The summed E-state index contributed by atoms with van der Waals surface area (Å²) in [4.78, 5) is 11.1. The topological polar surface area (TPSA) is 26.3 Å². The first kappa shape index (κ1) is 10.7. The van der Waals surface area contributed by atoms with Gasteiger partial charge in [0.1, 0.15) is 5.60 Å². The molecular formula is C11H20O2. The molecule has 0 aromatic rings. The van der Waals surface area contributed by atoms with Crippen LogP contribution in [0.1, 0.15) is 52.4 Å². The van der Waals surface area contributed by atoms with Crippen molar-refractivity contribution in [2.45, 2.75) is 58.0 Å². The van der Waals surface area contributed by atoms with Crippen molar-refractivity contribution in [2.75, 3.05) is 6.61 Å². The lowest BCUT2D eigenvalue weighted by Gasteiger charge is -2.12. The summed E-state index contributed by atoms with van der Waals surface area (Å²) in [6.45, 7) is 4.59. The lowest BCUT2D eigenvalue weighted by molar-refractivity contribution is -0.131. The number of ketones is 1. The molecule has 0 atom stereocenters. The van der Waals surface area contributed by atoms with Crippen LogP contribution < -0.4 is 0 Å². The molecule has 2 nitrogen and oxygen atoms in total. The first-order chi connectivity index (χ1) is 6.21. The van der Waals surface area contributed by atoms with E-state index >= 15 is 0 Å². The minimum Gasteiger partial charge on any atom is -0.367 e. The second-order valence-electron chi connectivity index (χ2n) is 3.96. The van der Waals surface area contributed by atoms with Crippen molar-refractivity contribution in [2.24, 2.45) is 0 Å². The molecule has 0 heterocycles. The molecule has 1 saturated carbocycles. The smallest absolute Gasteiger partial charge is 0.161 e. The van der Waals surface area contributed by atoms with E-state index in [1.54, 1.807) is 6.92 Å². The van der Waals surface area contributed by atoms with Crippen molar-refractivity contribution in [3.05, 3.63) is 0 Å². The number of carbonyl (C=O) groups is 1. The number of hydrogen-bond acceptors (Lipinski definition) is 2. The molecule has 1 fully saturated rings. The lowest BCUT2D eigenvalue weighted by Crippen LogP contribution is -2.23. The van der Waals surface area contributed by atoms with Gasteiger partial charge in [-0.05, 0) is 26.2 Å². The Morgan fingerprint density at radius 1 is 1.31 bits per heavy atom. The summed E-state index contributed by atoms with van der Waals surface area (Å²) >= 11 is 0. The van der Waals surface area contributed by atoms with E-state index in [0.29, 0.717) is 0 Å². The first-order valence-corrected chi connectivity index (χ1v) is 5.36. The molecule has 0 bridgehead atoms. The summed E-state index contributed by atoms with van der Waals surface area (Å²) in [6, 6.07) is 0. The summed E-state index contributed by atoms with van der Waals surface area (Å²) in [6.07, 6.45) is 6.73. The highest BCUT2D eigenvalue weighted by Gasteiger charge is 2.48. The molecule has 2 heteroatoms. The van der Waals surface area contributed by atoms with Gasteiger partial charge in [0.2, 0.25) is 0 Å². The third-order valence-corrected chi connectivity index (χ3v) is 2.72. The molecule has 76 valence electrons. The van der Waals surface area contributed by atoms with Crippen LogP contribution in [0.25, 0.3) is 0 Å². The van der Waals surface area contributed by atoms with E-state index in [2.05, 4.69) is 6.92 Å². The molecule has 0 aliphatic heterocycles. The average molecular weight is 184 g/mol. The van der Waals surface area contributed by atoms with Crippen LogP contribution in [0.5, 0.6) is 0 Å². The van der Waals surface area contributed by atoms with Crippen molar-refractivity contribution >= 4 is 5.78 Å². The quantitative estimate of drug-likeness (QED) is 0.569. The van der Waals surface area contributed by atoms with Crippen LogP contribution in [0, 0.1) is 0 Å². The van der Waals surface area contributed by atoms with Crippen LogP contribution in [0.4, 0.5) is 0 Å². The van der Waals surface area contributed by atoms with Gasteiger partial charge in [-0.2, -0.15) is 0 Å². The fourth-order valence-electron chi connectivity index (χ4n) is 1.51. The molecular weight excluding hydrogens is 164 g/mol. The summed E-state index contributed by atoms with van der Waals surface area (Å²) in [7, 11) is 0. The van der Waals surface area contributed by atoms with Gasteiger partial charge in [0.25, 0.3) is 0 Å². The number of unbranched alkanes of at least 4 members (excludes halogenated alkanes) is 3. The van der Waals surface area contributed by atoms with Gasteiger partial charge in [-0.1, -0.05) is 26.2 Å². The molecule has 0 saturated heterocycles. The molecule has 1 aliphatic rings. The third kappa shape index (κ3) is 3.11. The Bertz CT molecular complexity index is 171. The monoisotopic (exact) mass is 184 g/mol. The molecule has 0 radical (unpaired) electrons. The van der Waals surface area contributed by atoms with Gasteiger partial charge in [-0.3, -0.25) is 4.79 Å². The highest BCUT2D eigenvalue weighted by Crippen LogP contribution is 2.40. The Kier molecular flexibility index (Phi) is 3.91. The fraction of sp³-hybridized carbons (Fsp3) is 0.909. The summed E-state index contributed by atoms with van der Waals surface area (Å²) in [5.74, 6) is 0.211. The molecule has 0 amide bonds. The Morgan fingerprint density at radius 3 is 2.46 bits per heavy atom. The van der Waals surface area contributed by atoms with Crippen molar-refractivity contribution in [3.63, 3.8) is 0 Å². The van der Waals surface area contributed by atoms with Gasteiger partial charge in [-0.25, -0.2) is 0 Å². The predicted molar refractivity (Wildman–Crippen MR) is 52.7 cm³/mol. The van der Waals surface area contributed by atoms with E-state index in [1.165, 1.54) is 19.3 Å². The molecule has 0 spiro atoms. The van der Waals surface area contributed by atoms with Gasteiger partial charge in [0.15, 0.2) is 5.78 Å². The number of carbonyl (C=O) groups excluding carboxylic acids is 1. The second kappa shape index (κ2) is 4.75. The minimum absolute atomic E-state index is 0.211. The fourth-order valence-corrected chi connectivity index (χ4v) is 1.51. The van der Waals surface area contributed by atoms with Gasteiger partial charge in [0, 0.05) is 6.61 Å². The number of rotatable bonds is 7. The van der Waals surface area contributed by atoms with Gasteiger partial charge >= 0.3 is 0 Å². The van der Waals surface area contributed by atoms with E-state index < -0.39 is 0 Å². The lowest BCUT2D eigenvalue weighted by atomic mass is 10.2. The maximum atomic E-state index is 11.1. The van der Waals surface area contributed by atoms with E-state index in [-0.39, 0.29) is 11.4 Å². The normalized spacial score (nSPS) is 18.6.